The van der Waals surface area contributed by atoms with Crippen molar-refractivity contribution in [1.29, 1.82) is 0 Å². The normalized spacial score (nSPS) is 10.0. The van der Waals surface area contributed by atoms with Crippen LogP contribution >= 0.6 is 22.6 Å². The molecule has 0 atom stereocenters. The molecule has 0 radical (unpaired) electrons. The Morgan fingerprint density at radius 1 is 1.35 bits per heavy atom. The number of anilines is 1. The van der Waals surface area contributed by atoms with Crippen LogP contribution in [-0.2, 0) is 0 Å². The highest BCUT2D eigenvalue weighted by Gasteiger charge is 2.01. The van der Waals surface area contributed by atoms with Crippen LogP contribution in [-0.4, -0.2) is 16.5 Å². The first-order valence-corrected chi connectivity index (χ1v) is 6.36. The quantitative estimate of drug-likeness (QED) is 0.867. The first kappa shape index (κ1) is 12.1. The van der Waals surface area contributed by atoms with Gasteiger partial charge in [-0.15, -0.1) is 0 Å². The number of nitrogens with one attached hydrogen (secondary N) is 1. The third-order valence-corrected chi connectivity index (χ3v) is 2.65. The minimum absolute atomic E-state index is 0.540. The van der Waals surface area contributed by atoms with Gasteiger partial charge in [-0.25, -0.2) is 4.98 Å². The van der Waals surface area contributed by atoms with E-state index in [4.69, 9.17) is 4.74 Å². The highest BCUT2D eigenvalue weighted by atomic mass is 127. The molecule has 1 heterocycles. The maximum absolute atomic E-state index is 5.65. The molecule has 88 valence electrons. The predicted molar refractivity (Wildman–Crippen MR) is 75.4 cm³/mol. The maximum atomic E-state index is 5.65. The molecule has 1 aromatic heterocycles. The lowest BCUT2D eigenvalue weighted by Crippen LogP contribution is -2.02. The Balaban J connectivity index is 2.15. The van der Waals surface area contributed by atoms with E-state index >= 15 is 0 Å². The zero-order valence-electron chi connectivity index (χ0n) is 9.35. The van der Waals surface area contributed by atoms with Crippen LogP contribution in [0, 0.1) is 3.57 Å². The monoisotopic (exact) mass is 341 g/mol. The fourth-order valence-corrected chi connectivity index (χ4v) is 1.81. The van der Waals surface area contributed by atoms with E-state index in [1.165, 1.54) is 0 Å². The summed E-state index contributed by atoms with van der Waals surface area (Å²) in [4.78, 5) is 8.33. The molecular formula is C12H12IN3O. The fraction of sp³-hybridized carbons (Fsp3) is 0.167. The molecule has 0 saturated carbocycles. The standard InChI is InChI=1S/C12H12IN3O/c1-2-14-12-15-7-6-11(16-12)17-10-5-3-4-9(13)8-10/h3-8H,2H2,1H3,(H,14,15,16). The van der Waals surface area contributed by atoms with Crippen LogP contribution in [0.3, 0.4) is 0 Å². The van der Waals surface area contributed by atoms with E-state index in [0.29, 0.717) is 11.8 Å². The Bertz CT molecular complexity index is 505. The van der Waals surface area contributed by atoms with Crippen LogP contribution in [0.2, 0.25) is 0 Å². The molecule has 0 fully saturated rings. The Morgan fingerprint density at radius 2 is 2.24 bits per heavy atom. The van der Waals surface area contributed by atoms with E-state index in [9.17, 15) is 0 Å². The molecule has 0 amide bonds. The van der Waals surface area contributed by atoms with Gasteiger partial charge in [0, 0.05) is 22.4 Å². The molecule has 0 bridgehead atoms. The Labute approximate surface area is 114 Å². The van der Waals surface area contributed by atoms with E-state index < -0.39 is 0 Å². The minimum atomic E-state index is 0.540. The van der Waals surface area contributed by atoms with E-state index in [1.54, 1.807) is 12.3 Å². The third kappa shape index (κ3) is 3.55. The van der Waals surface area contributed by atoms with Gasteiger partial charge in [0.25, 0.3) is 0 Å². The van der Waals surface area contributed by atoms with E-state index in [0.717, 1.165) is 15.9 Å². The Hall–Kier alpha value is -1.37. The van der Waals surface area contributed by atoms with Crippen molar-refractivity contribution in [3.05, 3.63) is 40.1 Å². The SMILES string of the molecule is CCNc1nccc(Oc2cccc(I)c2)n1. The molecule has 0 unspecified atom stereocenters. The van der Waals surface area contributed by atoms with Gasteiger partial charge in [0.05, 0.1) is 0 Å². The lowest BCUT2D eigenvalue weighted by molar-refractivity contribution is 0.462. The van der Waals surface area contributed by atoms with Crippen molar-refractivity contribution in [1.82, 2.24) is 9.97 Å². The van der Waals surface area contributed by atoms with Gasteiger partial charge in [0.1, 0.15) is 5.75 Å². The number of rotatable bonds is 4. The number of nitrogens with zero attached hydrogens (tertiary/aromatic N) is 2. The Morgan fingerprint density at radius 3 is 3.00 bits per heavy atom. The number of hydrogen-bond acceptors (Lipinski definition) is 4. The second-order valence-corrected chi connectivity index (χ2v) is 4.55. The molecule has 1 N–H and O–H groups in total. The molecule has 2 aromatic rings. The summed E-state index contributed by atoms with van der Waals surface area (Å²) in [6, 6.07) is 9.55. The summed E-state index contributed by atoms with van der Waals surface area (Å²) in [6.45, 7) is 2.78. The highest BCUT2D eigenvalue weighted by molar-refractivity contribution is 14.1. The second-order valence-electron chi connectivity index (χ2n) is 3.31. The summed E-state index contributed by atoms with van der Waals surface area (Å²) >= 11 is 2.24. The molecule has 5 heteroatoms. The molecule has 2 rings (SSSR count). The summed E-state index contributed by atoms with van der Waals surface area (Å²) in [5, 5.41) is 3.04. The van der Waals surface area contributed by atoms with Crippen molar-refractivity contribution in [2.24, 2.45) is 0 Å². The molecule has 0 aliphatic heterocycles. The molecule has 0 saturated heterocycles. The summed E-state index contributed by atoms with van der Waals surface area (Å²) in [5.41, 5.74) is 0. The van der Waals surface area contributed by atoms with Gasteiger partial charge in [-0.1, -0.05) is 6.07 Å². The van der Waals surface area contributed by atoms with Crippen LogP contribution in [0.25, 0.3) is 0 Å². The van der Waals surface area contributed by atoms with Crippen LogP contribution in [0.5, 0.6) is 11.6 Å². The molecule has 0 aliphatic rings. The van der Waals surface area contributed by atoms with Crippen LogP contribution < -0.4 is 10.1 Å². The van der Waals surface area contributed by atoms with Crippen molar-refractivity contribution < 1.29 is 4.74 Å². The fourth-order valence-electron chi connectivity index (χ4n) is 1.29. The van der Waals surface area contributed by atoms with Crippen molar-refractivity contribution in [3.8, 4) is 11.6 Å². The lowest BCUT2D eigenvalue weighted by Gasteiger charge is -2.06. The highest BCUT2D eigenvalue weighted by Crippen LogP contribution is 2.21. The molecule has 17 heavy (non-hydrogen) atoms. The second kappa shape index (κ2) is 5.81. The van der Waals surface area contributed by atoms with Gasteiger partial charge < -0.3 is 10.1 Å². The molecule has 1 aromatic carbocycles. The molecule has 4 nitrogen and oxygen atoms in total. The number of halogens is 1. The summed E-state index contributed by atoms with van der Waals surface area (Å²) < 4.78 is 6.78. The number of hydrogen-bond donors (Lipinski definition) is 1. The third-order valence-electron chi connectivity index (χ3n) is 1.98. The number of ether oxygens (including phenoxy) is 1. The van der Waals surface area contributed by atoms with Gasteiger partial charge in [0.15, 0.2) is 0 Å². The number of benzene rings is 1. The predicted octanol–water partition coefficient (Wildman–Crippen LogP) is 3.31. The topological polar surface area (TPSA) is 47.0 Å². The zero-order chi connectivity index (χ0) is 12.1. The van der Waals surface area contributed by atoms with E-state index in [1.807, 2.05) is 31.2 Å². The van der Waals surface area contributed by atoms with Gasteiger partial charge >= 0.3 is 0 Å². The van der Waals surface area contributed by atoms with Crippen molar-refractivity contribution in [3.63, 3.8) is 0 Å². The minimum Gasteiger partial charge on any atom is -0.439 e. The van der Waals surface area contributed by atoms with Gasteiger partial charge in [-0.2, -0.15) is 4.98 Å². The summed E-state index contributed by atoms with van der Waals surface area (Å²) in [6.07, 6.45) is 1.67. The van der Waals surface area contributed by atoms with Crippen molar-refractivity contribution in [2.45, 2.75) is 6.92 Å². The van der Waals surface area contributed by atoms with Crippen LogP contribution in [0.15, 0.2) is 36.5 Å². The van der Waals surface area contributed by atoms with Crippen LogP contribution in [0.4, 0.5) is 5.95 Å². The smallest absolute Gasteiger partial charge is 0.225 e. The Kier molecular flexibility index (Phi) is 4.13. The largest absolute Gasteiger partial charge is 0.439 e. The van der Waals surface area contributed by atoms with E-state index in [-0.39, 0.29) is 0 Å². The molecular weight excluding hydrogens is 329 g/mol. The lowest BCUT2D eigenvalue weighted by atomic mass is 10.3. The number of aromatic nitrogens is 2. The van der Waals surface area contributed by atoms with Crippen LogP contribution in [0.1, 0.15) is 6.92 Å². The zero-order valence-corrected chi connectivity index (χ0v) is 11.5. The average molecular weight is 341 g/mol. The van der Waals surface area contributed by atoms with E-state index in [2.05, 4.69) is 37.9 Å². The van der Waals surface area contributed by atoms with Gasteiger partial charge in [-0.3, -0.25) is 0 Å². The van der Waals surface area contributed by atoms with Crippen molar-refractivity contribution in [2.75, 3.05) is 11.9 Å². The average Bonchev–Trinajstić information content (AvgIpc) is 2.30. The molecule has 0 spiro atoms. The summed E-state index contributed by atoms with van der Waals surface area (Å²) in [5.74, 6) is 1.90. The first-order valence-electron chi connectivity index (χ1n) is 5.28. The van der Waals surface area contributed by atoms with Gasteiger partial charge in [-0.05, 0) is 47.7 Å². The molecule has 0 aliphatic carbocycles. The maximum Gasteiger partial charge on any atom is 0.225 e. The summed E-state index contributed by atoms with van der Waals surface area (Å²) in [7, 11) is 0. The van der Waals surface area contributed by atoms with Crippen molar-refractivity contribution >= 4 is 28.5 Å². The van der Waals surface area contributed by atoms with Gasteiger partial charge in [0.2, 0.25) is 11.8 Å². The first-order chi connectivity index (χ1) is 8.28.